The Morgan fingerprint density at radius 1 is 1.15 bits per heavy atom. The van der Waals surface area contributed by atoms with E-state index in [9.17, 15) is 8.42 Å². The molecular weight excluding hydrogens is 479 g/mol. The van der Waals surface area contributed by atoms with Crippen molar-refractivity contribution in [1.29, 1.82) is 0 Å². The molecule has 4 N–H and O–H groups in total. The quantitative estimate of drug-likeness (QED) is 0.291. The molecule has 7 nitrogen and oxygen atoms in total. The van der Waals surface area contributed by atoms with Gasteiger partial charge in [-0.3, -0.25) is 0 Å². The van der Waals surface area contributed by atoms with Crippen LogP contribution in [0.5, 0.6) is 0 Å². The summed E-state index contributed by atoms with van der Waals surface area (Å²) in [4.78, 5) is 4.52. The van der Waals surface area contributed by atoms with Crippen molar-refractivity contribution in [3.63, 3.8) is 0 Å². The first-order valence-electron chi connectivity index (χ1n) is 8.18. The number of benzene rings is 2. The second-order valence-corrected chi connectivity index (χ2v) is 7.33. The highest BCUT2D eigenvalue weighted by molar-refractivity contribution is 14.0. The van der Waals surface area contributed by atoms with Crippen LogP contribution in [-0.4, -0.2) is 28.0 Å². The number of ether oxygens (including phenoxy) is 1. The van der Waals surface area contributed by atoms with E-state index < -0.39 is 10.0 Å². The third kappa shape index (κ3) is 7.09. The minimum atomic E-state index is -3.44. The van der Waals surface area contributed by atoms with Crippen LogP contribution in [0.1, 0.15) is 18.1 Å². The molecular formula is C18H25IN4O3S. The van der Waals surface area contributed by atoms with E-state index in [4.69, 9.17) is 10.5 Å². The molecule has 2 rings (SSSR count). The minimum absolute atomic E-state index is 0. The normalized spacial score (nSPS) is 11.7. The van der Waals surface area contributed by atoms with E-state index in [0.29, 0.717) is 19.7 Å². The molecule has 9 heteroatoms. The predicted octanol–water partition coefficient (Wildman–Crippen LogP) is 2.68. The number of halogens is 1. The second-order valence-electron chi connectivity index (χ2n) is 5.56. The first-order valence-corrected chi connectivity index (χ1v) is 9.67. The molecule has 0 amide bonds. The van der Waals surface area contributed by atoms with Crippen molar-refractivity contribution in [3.05, 3.63) is 59.7 Å². The van der Waals surface area contributed by atoms with Gasteiger partial charge in [0.05, 0.1) is 18.0 Å². The van der Waals surface area contributed by atoms with E-state index in [1.54, 1.807) is 38.3 Å². The van der Waals surface area contributed by atoms with Crippen molar-refractivity contribution >= 4 is 45.6 Å². The summed E-state index contributed by atoms with van der Waals surface area (Å²) in [7, 11) is -1.81. The number of aliphatic imine (C=N–C) groups is 1. The van der Waals surface area contributed by atoms with Gasteiger partial charge in [-0.15, -0.1) is 24.0 Å². The summed E-state index contributed by atoms with van der Waals surface area (Å²) in [5.41, 5.74) is 8.62. The lowest BCUT2D eigenvalue weighted by molar-refractivity contribution is 0.185. The van der Waals surface area contributed by atoms with Crippen LogP contribution in [0.3, 0.4) is 0 Å². The monoisotopic (exact) mass is 504 g/mol. The molecule has 2 aromatic rings. The molecule has 0 aliphatic carbocycles. The number of hydrogen-bond donors (Lipinski definition) is 3. The van der Waals surface area contributed by atoms with Gasteiger partial charge in [0.15, 0.2) is 5.96 Å². The van der Waals surface area contributed by atoms with Gasteiger partial charge in [0, 0.05) is 24.9 Å². The zero-order valence-electron chi connectivity index (χ0n) is 15.3. The van der Waals surface area contributed by atoms with Crippen LogP contribution < -0.4 is 15.8 Å². The maximum absolute atomic E-state index is 11.9. The smallest absolute Gasteiger partial charge is 0.240 e. The summed E-state index contributed by atoms with van der Waals surface area (Å²) in [5.74, 6) is 0.276. The van der Waals surface area contributed by atoms with Crippen molar-refractivity contribution < 1.29 is 13.2 Å². The Kier molecular flexibility index (Phi) is 9.70. The van der Waals surface area contributed by atoms with E-state index >= 15 is 0 Å². The fraction of sp³-hybridized carbons (Fsp3) is 0.278. The Balaban J connectivity index is 0.00000364. The van der Waals surface area contributed by atoms with Crippen LogP contribution in [0.25, 0.3) is 0 Å². The summed E-state index contributed by atoms with van der Waals surface area (Å²) in [5, 5.41) is 3.06. The zero-order valence-corrected chi connectivity index (χ0v) is 18.5. The zero-order chi connectivity index (χ0) is 19.0. The van der Waals surface area contributed by atoms with E-state index in [0.717, 1.165) is 16.8 Å². The molecule has 0 saturated heterocycles. The maximum Gasteiger partial charge on any atom is 0.240 e. The van der Waals surface area contributed by atoms with Crippen molar-refractivity contribution in [2.75, 3.05) is 19.0 Å². The van der Waals surface area contributed by atoms with Crippen molar-refractivity contribution in [1.82, 2.24) is 4.72 Å². The van der Waals surface area contributed by atoms with Gasteiger partial charge in [0.2, 0.25) is 10.0 Å². The van der Waals surface area contributed by atoms with Crippen LogP contribution in [-0.2, 0) is 27.9 Å². The van der Waals surface area contributed by atoms with E-state index in [1.165, 1.54) is 0 Å². The molecule has 0 fully saturated rings. The number of rotatable bonds is 8. The van der Waals surface area contributed by atoms with Crippen molar-refractivity contribution in [2.45, 2.75) is 25.0 Å². The maximum atomic E-state index is 11.9. The van der Waals surface area contributed by atoms with Crippen LogP contribution in [0, 0.1) is 0 Å². The molecule has 0 spiro atoms. The highest BCUT2D eigenvalue weighted by Crippen LogP contribution is 2.16. The molecule has 0 saturated carbocycles. The van der Waals surface area contributed by atoms with E-state index in [-0.39, 0.29) is 34.8 Å². The average Bonchev–Trinajstić information content (AvgIpc) is 2.62. The van der Waals surface area contributed by atoms with Gasteiger partial charge < -0.3 is 15.8 Å². The predicted molar refractivity (Wildman–Crippen MR) is 119 cm³/mol. The Hall–Kier alpha value is -1.69. The van der Waals surface area contributed by atoms with Gasteiger partial charge in [-0.2, -0.15) is 0 Å². The Morgan fingerprint density at radius 2 is 1.81 bits per heavy atom. The number of nitrogens with zero attached hydrogens (tertiary/aromatic N) is 1. The lowest BCUT2D eigenvalue weighted by Gasteiger charge is -2.11. The fourth-order valence-electron chi connectivity index (χ4n) is 2.32. The van der Waals surface area contributed by atoms with Crippen LogP contribution in [0.4, 0.5) is 5.69 Å². The number of sulfonamides is 1. The summed E-state index contributed by atoms with van der Waals surface area (Å²) < 4.78 is 31.5. The first-order chi connectivity index (χ1) is 12.5. The molecule has 0 bridgehead atoms. The van der Waals surface area contributed by atoms with E-state index in [2.05, 4.69) is 15.0 Å². The van der Waals surface area contributed by atoms with E-state index in [1.807, 2.05) is 24.3 Å². The Bertz CT molecular complexity index is 855. The highest BCUT2D eigenvalue weighted by atomic mass is 127. The highest BCUT2D eigenvalue weighted by Gasteiger charge is 2.11. The second kappa shape index (κ2) is 11.2. The molecule has 0 aromatic heterocycles. The lowest BCUT2D eigenvalue weighted by Crippen LogP contribution is -2.23. The Labute approximate surface area is 177 Å². The van der Waals surface area contributed by atoms with Gasteiger partial charge in [0.25, 0.3) is 0 Å². The molecule has 0 unspecified atom stereocenters. The standard InChI is InChI=1S/C18H24N4O3S.HI/c1-3-21-26(23,24)16-10-8-14(9-11-16)12-20-18(19)22-17-7-5-4-6-15(17)13-25-2;/h4-11,21H,3,12-13H2,1-2H3,(H3,19,20,22);1H. The van der Waals surface area contributed by atoms with Gasteiger partial charge in [-0.1, -0.05) is 37.3 Å². The van der Waals surface area contributed by atoms with Crippen molar-refractivity contribution in [2.24, 2.45) is 10.7 Å². The number of guanidine groups is 1. The number of para-hydroxylation sites is 1. The summed E-state index contributed by atoms with van der Waals surface area (Å²) >= 11 is 0. The third-order valence-corrected chi connectivity index (χ3v) is 5.14. The summed E-state index contributed by atoms with van der Waals surface area (Å²) in [6, 6.07) is 14.2. The lowest BCUT2D eigenvalue weighted by atomic mass is 10.2. The number of nitrogens with one attached hydrogen (secondary N) is 2. The van der Waals surface area contributed by atoms with Gasteiger partial charge in [0.1, 0.15) is 0 Å². The molecule has 0 aliphatic heterocycles. The van der Waals surface area contributed by atoms with Gasteiger partial charge in [-0.05, 0) is 23.8 Å². The molecule has 0 heterocycles. The Morgan fingerprint density at radius 3 is 2.44 bits per heavy atom. The first kappa shape index (κ1) is 23.3. The molecule has 2 aromatic carbocycles. The number of anilines is 1. The molecule has 0 radical (unpaired) electrons. The average molecular weight is 504 g/mol. The molecule has 148 valence electrons. The van der Waals surface area contributed by atoms with Gasteiger partial charge >= 0.3 is 0 Å². The molecule has 0 aliphatic rings. The fourth-order valence-corrected chi connectivity index (χ4v) is 3.37. The minimum Gasteiger partial charge on any atom is -0.380 e. The van der Waals surface area contributed by atoms with Gasteiger partial charge in [-0.25, -0.2) is 18.1 Å². The largest absolute Gasteiger partial charge is 0.380 e. The third-order valence-electron chi connectivity index (χ3n) is 3.58. The summed E-state index contributed by atoms with van der Waals surface area (Å²) in [6.45, 7) is 2.90. The number of nitrogens with two attached hydrogens (primary N) is 1. The van der Waals surface area contributed by atoms with Crippen LogP contribution >= 0.6 is 24.0 Å². The number of methoxy groups -OCH3 is 1. The van der Waals surface area contributed by atoms with Crippen LogP contribution in [0.2, 0.25) is 0 Å². The SMILES string of the molecule is CCNS(=O)(=O)c1ccc(CN=C(N)Nc2ccccc2COC)cc1.I. The number of hydrogen-bond acceptors (Lipinski definition) is 4. The van der Waals surface area contributed by atoms with Crippen LogP contribution in [0.15, 0.2) is 58.4 Å². The summed E-state index contributed by atoms with van der Waals surface area (Å²) in [6.07, 6.45) is 0. The molecule has 27 heavy (non-hydrogen) atoms. The van der Waals surface area contributed by atoms with Crippen molar-refractivity contribution in [3.8, 4) is 0 Å². The topological polar surface area (TPSA) is 106 Å². The molecule has 0 atom stereocenters.